The summed E-state index contributed by atoms with van der Waals surface area (Å²) in [5.74, 6) is 1.52. The lowest BCUT2D eigenvalue weighted by atomic mass is 10.2. The highest BCUT2D eigenvalue weighted by molar-refractivity contribution is 5.33. The molecule has 0 aliphatic heterocycles. The maximum atomic E-state index is 5.59. The fourth-order valence-electron chi connectivity index (χ4n) is 1.66. The normalized spacial score (nSPS) is 10.3. The van der Waals surface area contributed by atoms with Gasteiger partial charge in [0.2, 0.25) is 5.89 Å². The molecule has 0 aliphatic rings. The number of nitrogens with one attached hydrogen (secondary N) is 1. The first kappa shape index (κ1) is 13.3. The second-order valence-corrected chi connectivity index (χ2v) is 3.97. The largest absolute Gasteiger partial charge is 0.489 e. The van der Waals surface area contributed by atoms with Crippen molar-refractivity contribution >= 4 is 0 Å². The summed E-state index contributed by atoms with van der Waals surface area (Å²) in [6.07, 6.45) is 3.86. The van der Waals surface area contributed by atoms with Crippen molar-refractivity contribution in [2.45, 2.75) is 13.0 Å². The molecule has 5 heteroatoms. The quantitative estimate of drug-likeness (QED) is 0.580. The molecule has 0 unspecified atom stereocenters. The van der Waals surface area contributed by atoms with Gasteiger partial charge in [0.1, 0.15) is 12.4 Å². The highest BCUT2D eigenvalue weighted by Crippen LogP contribution is 2.17. The van der Waals surface area contributed by atoms with Gasteiger partial charge in [-0.1, -0.05) is 36.0 Å². The second kappa shape index (κ2) is 7.33. The van der Waals surface area contributed by atoms with Gasteiger partial charge >= 0.3 is 0 Å². The van der Waals surface area contributed by atoms with Gasteiger partial charge in [0.25, 0.3) is 0 Å². The van der Waals surface area contributed by atoms with Crippen molar-refractivity contribution in [3.05, 3.63) is 54.7 Å². The lowest BCUT2D eigenvalue weighted by Crippen LogP contribution is -2.17. The molecule has 2 rings (SSSR count). The first-order valence-electron chi connectivity index (χ1n) is 6.18. The highest BCUT2D eigenvalue weighted by Gasteiger charge is 2.03. The highest BCUT2D eigenvalue weighted by atomic mass is 16.5. The Bertz CT molecular complexity index is 497. The first-order valence-corrected chi connectivity index (χ1v) is 6.18. The summed E-state index contributed by atoms with van der Waals surface area (Å²) in [6, 6.07) is 7.95. The van der Waals surface area contributed by atoms with E-state index < -0.39 is 0 Å². The van der Waals surface area contributed by atoms with Crippen LogP contribution in [-0.4, -0.2) is 23.3 Å². The number of rotatable bonds is 8. The fourth-order valence-corrected chi connectivity index (χ4v) is 1.66. The van der Waals surface area contributed by atoms with E-state index in [0.29, 0.717) is 12.5 Å². The predicted octanol–water partition coefficient (Wildman–Crippen LogP) is 1.97. The van der Waals surface area contributed by atoms with Crippen LogP contribution < -0.4 is 10.1 Å². The van der Waals surface area contributed by atoms with Crippen molar-refractivity contribution in [2.24, 2.45) is 0 Å². The molecule has 0 saturated carbocycles. The van der Waals surface area contributed by atoms with Crippen LogP contribution in [0.15, 0.2) is 47.8 Å². The molecule has 0 radical (unpaired) electrons. The molecule has 0 fully saturated rings. The number of para-hydroxylation sites is 1. The molecular formula is C14H17N3O2. The summed E-state index contributed by atoms with van der Waals surface area (Å²) >= 11 is 0. The van der Waals surface area contributed by atoms with Gasteiger partial charge in [-0.2, -0.15) is 4.98 Å². The Morgan fingerprint density at radius 1 is 1.37 bits per heavy atom. The zero-order chi connectivity index (χ0) is 13.3. The molecule has 1 aromatic heterocycles. The van der Waals surface area contributed by atoms with Gasteiger partial charge in [0.15, 0.2) is 6.33 Å². The molecule has 1 N–H and O–H groups in total. The molecule has 19 heavy (non-hydrogen) atoms. The van der Waals surface area contributed by atoms with E-state index >= 15 is 0 Å². The van der Waals surface area contributed by atoms with Gasteiger partial charge in [-0.3, -0.25) is 0 Å². The van der Waals surface area contributed by atoms with Crippen molar-refractivity contribution in [3.8, 4) is 5.75 Å². The molecule has 2 aromatic rings. The van der Waals surface area contributed by atoms with Crippen LogP contribution >= 0.6 is 0 Å². The minimum Gasteiger partial charge on any atom is -0.489 e. The van der Waals surface area contributed by atoms with Crippen molar-refractivity contribution in [2.75, 3.05) is 13.2 Å². The Kier molecular flexibility index (Phi) is 5.13. The van der Waals surface area contributed by atoms with Crippen LogP contribution in [0.25, 0.3) is 0 Å². The molecule has 0 aliphatic carbocycles. The van der Waals surface area contributed by atoms with Gasteiger partial charge < -0.3 is 14.6 Å². The molecule has 0 spiro atoms. The Labute approximate surface area is 112 Å². The van der Waals surface area contributed by atoms with Gasteiger partial charge in [0.05, 0.1) is 0 Å². The zero-order valence-electron chi connectivity index (χ0n) is 10.7. The summed E-state index contributed by atoms with van der Waals surface area (Å²) in [5, 5.41) is 6.89. The van der Waals surface area contributed by atoms with Crippen molar-refractivity contribution in [1.29, 1.82) is 0 Å². The molecule has 0 amide bonds. The van der Waals surface area contributed by atoms with E-state index in [1.165, 1.54) is 6.33 Å². The summed E-state index contributed by atoms with van der Waals surface area (Å²) < 4.78 is 10.5. The van der Waals surface area contributed by atoms with E-state index in [-0.39, 0.29) is 0 Å². The van der Waals surface area contributed by atoms with Crippen LogP contribution in [0.2, 0.25) is 0 Å². The minimum atomic E-state index is 0.513. The SMILES string of the molecule is C=CCOc1ccccc1CNCCc1ncno1. The Balaban J connectivity index is 1.80. The van der Waals surface area contributed by atoms with Crippen LogP contribution in [0.4, 0.5) is 0 Å². The second-order valence-electron chi connectivity index (χ2n) is 3.97. The summed E-state index contributed by atoms with van der Waals surface area (Å²) in [7, 11) is 0. The molecule has 0 saturated heterocycles. The maximum Gasteiger partial charge on any atom is 0.227 e. The third kappa shape index (κ3) is 4.22. The van der Waals surface area contributed by atoms with Crippen molar-refractivity contribution in [3.63, 3.8) is 0 Å². The summed E-state index contributed by atoms with van der Waals surface area (Å²) in [6.45, 7) is 5.67. The third-order valence-electron chi connectivity index (χ3n) is 2.57. The van der Waals surface area contributed by atoms with Crippen LogP contribution in [0.1, 0.15) is 11.5 Å². The number of ether oxygens (including phenoxy) is 1. The Hall–Kier alpha value is -2.14. The molecule has 1 aromatic carbocycles. The van der Waals surface area contributed by atoms with Crippen LogP contribution in [0, 0.1) is 0 Å². The third-order valence-corrected chi connectivity index (χ3v) is 2.57. The van der Waals surface area contributed by atoms with Crippen molar-refractivity contribution in [1.82, 2.24) is 15.5 Å². The van der Waals surface area contributed by atoms with Gasteiger partial charge in [-0.25, -0.2) is 0 Å². The van der Waals surface area contributed by atoms with Gasteiger partial charge in [0, 0.05) is 25.1 Å². The van der Waals surface area contributed by atoms with Crippen LogP contribution in [0.5, 0.6) is 5.75 Å². The molecule has 100 valence electrons. The van der Waals surface area contributed by atoms with Gasteiger partial charge in [-0.15, -0.1) is 0 Å². The van der Waals surface area contributed by atoms with E-state index in [9.17, 15) is 0 Å². The average molecular weight is 259 g/mol. The van der Waals surface area contributed by atoms with Crippen molar-refractivity contribution < 1.29 is 9.26 Å². The summed E-state index contributed by atoms with van der Waals surface area (Å²) in [4.78, 5) is 3.97. The monoisotopic (exact) mass is 259 g/mol. The van der Waals surface area contributed by atoms with E-state index in [4.69, 9.17) is 9.26 Å². The Morgan fingerprint density at radius 2 is 2.26 bits per heavy atom. The lowest BCUT2D eigenvalue weighted by Gasteiger charge is -2.10. The number of aromatic nitrogens is 2. The number of nitrogens with zero attached hydrogens (tertiary/aromatic N) is 2. The lowest BCUT2D eigenvalue weighted by molar-refractivity contribution is 0.357. The van der Waals surface area contributed by atoms with E-state index in [0.717, 1.165) is 30.8 Å². The number of hydrogen-bond donors (Lipinski definition) is 1. The number of benzene rings is 1. The van der Waals surface area contributed by atoms with Gasteiger partial charge in [-0.05, 0) is 6.07 Å². The average Bonchev–Trinajstić information content (AvgIpc) is 2.95. The molecular weight excluding hydrogens is 242 g/mol. The fraction of sp³-hybridized carbons (Fsp3) is 0.286. The predicted molar refractivity (Wildman–Crippen MR) is 71.8 cm³/mol. The number of hydrogen-bond acceptors (Lipinski definition) is 5. The zero-order valence-corrected chi connectivity index (χ0v) is 10.7. The topological polar surface area (TPSA) is 60.2 Å². The maximum absolute atomic E-state index is 5.59. The molecule has 0 bridgehead atoms. The molecule has 5 nitrogen and oxygen atoms in total. The van der Waals surface area contributed by atoms with E-state index in [1.54, 1.807) is 6.08 Å². The molecule has 1 heterocycles. The standard InChI is InChI=1S/C14H17N3O2/c1-2-9-18-13-6-4-3-5-12(13)10-15-8-7-14-16-11-17-19-14/h2-6,11,15H,1,7-10H2. The van der Waals surface area contributed by atoms with Crippen LogP contribution in [-0.2, 0) is 13.0 Å². The Morgan fingerprint density at radius 3 is 3.05 bits per heavy atom. The molecule has 0 atom stereocenters. The smallest absolute Gasteiger partial charge is 0.227 e. The summed E-state index contributed by atoms with van der Waals surface area (Å²) in [5.41, 5.74) is 1.12. The first-order chi connectivity index (χ1) is 9.40. The van der Waals surface area contributed by atoms with E-state index in [2.05, 4.69) is 22.0 Å². The minimum absolute atomic E-state index is 0.513. The van der Waals surface area contributed by atoms with E-state index in [1.807, 2.05) is 24.3 Å². The van der Waals surface area contributed by atoms with Crippen LogP contribution in [0.3, 0.4) is 0 Å².